The Morgan fingerprint density at radius 1 is 1.50 bits per heavy atom. The van der Waals surface area contributed by atoms with Crippen LogP contribution in [0.4, 0.5) is 0 Å². The number of piperidine rings is 1. The number of hydrogen-bond donors (Lipinski definition) is 2. The zero-order chi connectivity index (χ0) is 11.5. The van der Waals surface area contributed by atoms with Gasteiger partial charge in [0.05, 0.1) is 5.02 Å². The van der Waals surface area contributed by atoms with Gasteiger partial charge in [0.25, 0.3) is 0 Å². The monoisotopic (exact) mass is 241 g/mol. The van der Waals surface area contributed by atoms with E-state index in [1.165, 1.54) is 0 Å². The second-order valence-corrected chi connectivity index (χ2v) is 4.56. The second-order valence-electron chi connectivity index (χ2n) is 4.15. The summed E-state index contributed by atoms with van der Waals surface area (Å²) in [6.45, 7) is 3.42. The van der Waals surface area contributed by atoms with Crippen LogP contribution < -0.4 is 10.1 Å². The number of β-amino-alcohol motifs (C(OH)–C–C–N with tert-alkyl or cyclic N) is 1. The van der Waals surface area contributed by atoms with Crippen LogP contribution in [0.3, 0.4) is 0 Å². The maximum Gasteiger partial charge on any atom is 0.138 e. The van der Waals surface area contributed by atoms with Crippen molar-refractivity contribution in [3.8, 4) is 5.75 Å². The molecule has 3 nitrogen and oxygen atoms in total. The summed E-state index contributed by atoms with van der Waals surface area (Å²) in [7, 11) is 0. The summed E-state index contributed by atoms with van der Waals surface area (Å²) in [6, 6.07) is 5.67. The number of aliphatic hydroxyl groups is 1. The highest BCUT2D eigenvalue weighted by molar-refractivity contribution is 6.32. The summed E-state index contributed by atoms with van der Waals surface area (Å²) in [4.78, 5) is 0. The van der Waals surface area contributed by atoms with Crippen molar-refractivity contribution >= 4 is 11.6 Å². The molecule has 1 heterocycles. The van der Waals surface area contributed by atoms with Gasteiger partial charge in [0.1, 0.15) is 18.0 Å². The summed E-state index contributed by atoms with van der Waals surface area (Å²) < 4.78 is 5.73. The van der Waals surface area contributed by atoms with Gasteiger partial charge in [-0.25, -0.2) is 0 Å². The highest BCUT2D eigenvalue weighted by Gasteiger charge is 2.24. The molecule has 0 saturated carbocycles. The molecule has 1 fully saturated rings. The summed E-state index contributed by atoms with van der Waals surface area (Å²) in [5, 5.41) is 13.5. The van der Waals surface area contributed by atoms with Crippen molar-refractivity contribution in [1.29, 1.82) is 0 Å². The Morgan fingerprint density at radius 3 is 3.00 bits per heavy atom. The molecule has 1 aliphatic heterocycles. The lowest BCUT2D eigenvalue weighted by Gasteiger charge is -2.29. The van der Waals surface area contributed by atoms with Crippen molar-refractivity contribution in [2.45, 2.75) is 25.6 Å². The molecule has 0 bridgehead atoms. The molecule has 0 aromatic heterocycles. The molecule has 1 saturated heterocycles. The van der Waals surface area contributed by atoms with Crippen molar-refractivity contribution in [1.82, 2.24) is 5.32 Å². The SMILES string of the molecule is Cc1ccc(OC2CCNCC2O)c(Cl)c1. The third kappa shape index (κ3) is 2.67. The van der Waals surface area contributed by atoms with E-state index in [1.54, 1.807) is 0 Å². The highest BCUT2D eigenvalue weighted by atomic mass is 35.5. The first kappa shape index (κ1) is 11.7. The number of aryl methyl sites for hydroxylation is 1. The summed E-state index contributed by atoms with van der Waals surface area (Å²) >= 11 is 6.07. The average molecular weight is 242 g/mol. The number of benzene rings is 1. The van der Waals surface area contributed by atoms with Gasteiger partial charge in [-0.2, -0.15) is 0 Å². The fourth-order valence-corrected chi connectivity index (χ4v) is 2.10. The minimum atomic E-state index is -0.467. The average Bonchev–Trinajstić information content (AvgIpc) is 2.25. The van der Waals surface area contributed by atoms with Crippen LogP contribution in [0.25, 0.3) is 0 Å². The van der Waals surface area contributed by atoms with E-state index in [9.17, 15) is 5.11 Å². The van der Waals surface area contributed by atoms with E-state index in [2.05, 4.69) is 5.32 Å². The smallest absolute Gasteiger partial charge is 0.138 e. The quantitative estimate of drug-likeness (QED) is 0.829. The van der Waals surface area contributed by atoms with Crippen LogP contribution >= 0.6 is 11.6 Å². The molecular formula is C12H16ClNO2. The van der Waals surface area contributed by atoms with E-state index < -0.39 is 6.10 Å². The van der Waals surface area contributed by atoms with Crippen LogP contribution in [0.15, 0.2) is 18.2 Å². The maximum absolute atomic E-state index is 9.75. The molecule has 16 heavy (non-hydrogen) atoms. The molecule has 0 aliphatic carbocycles. The molecule has 2 rings (SSSR count). The maximum atomic E-state index is 9.75. The van der Waals surface area contributed by atoms with E-state index in [4.69, 9.17) is 16.3 Å². The Bertz CT molecular complexity index is 370. The number of nitrogens with one attached hydrogen (secondary N) is 1. The summed E-state index contributed by atoms with van der Waals surface area (Å²) in [5.74, 6) is 0.651. The van der Waals surface area contributed by atoms with Crippen LogP contribution in [0.2, 0.25) is 5.02 Å². The fourth-order valence-electron chi connectivity index (χ4n) is 1.82. The van der Waals surface area contributed by atoms with E-state index in [-0.39, 0.29) is 6.10 Å². The Kier molecular flexibility index (Phi) is 3.69. The lowest BCUT2D eigenvalue weighted by Crippen LogP contribution is -2.46. The molecule has 2 N–H and O–H groups in total. The molecule has 2 unspecified atom stereocenters. The van der Waals surface area contributed by atoms with Crippen LogP contribution in [-0.4, -0.2) is 30.4 Å². The van der Waals surface area contributed by atoms with Crippen molar-refractivity contribution in [2.75, 3.05) is 13.1 Å². The molecule has 1 aliphatic rings. The standard InChI is InChI=1S/C12H16ClNO2/c1-8-2-3-11(9(13)6-8)16-12-4-5-14-7-10(12)15/h2-3,6,10,12,14-15H,4-5,7H2,1H3. The first-order chi connectivity index (χ1) is 7.66. The van der Waals surface area contributed by atoms with Crippen molar-refractivity contribution in [2.24, 2.45) is 0 Å². The minimum Gasteiger partial charge on any atom is -0.486 e. The van der Waals surface area contributed by atoms with Crippen LogP contribution in [-0.2, 0) is 0 Å². The molecule has 0 spiro atoms. The van der Waals surface area contributed by atoms with E-state index in [1.807, 2.05) is 25.1 Å². The third-order valence-electron chi connectivity index (χ3n) is 2.75. The molecule has 0 amide bonds. The largest absolute Gasteiger partial charge is 0.486 e. The zero-order valence-corrected chi connectivity index (χ0v) is 10.00. The Hall–Kier alpha value is -0.770. The predicted octanol–water partition coefficient (Wildman–Crippen LogP) is 1.75. The van der Waals surface area contributed by atoms with Gasteiger partial charge < -0.3 is 15.2 Å². The molecule has 0 radical (unpaired) electrons. The number of hydrogen-bond acceptors (Lipinski definition) is 3. The van der Waals surface area contributed by atoms with Crippen LogP contribution in [0.1, 0.15) is 12.0 Å². The highest BCUT2D eigenvalue weighted by Crippen LogP contribution is 2.27. The van der Waals surface area contributed by atoms with Gasteiger partial charge in [0.15, 0.2) is 0 Å². The number of rotatable bonds is 2. The summed E-state index contributed by atoms with van der Waals surface area (Å²) in [5.41, 5.74) is 1.10. The van der Waals surface area contributed by atoms with Crippen molar-refractivity contribution in [3.05, 3.63) is 28.8 Å². The number of ether oxygens (including phenoxy) is 1. The van der Waals surface area contributed by atoms with Gasteiger partial charge in [-0.15, -0.1) is 0 Å². The number of aliphatic hydroxyl groups excluding tert-OH is 1. The normalized spacial score (nSPS) is 25.4. The molecular weight excluding hydrogens is 226 g/mol. The van der Waals surface area contributed by atoms with Gasteiger partial charge >= 0.3 is 0 Å². The molecule has 1 aromatic carbocycles. The van der Waals surface area contributed by atoms with Crippen molar-refractivity contribution in [3.63, 3.8) is 0 Å². The van der Waals surface area contributed by atoms with Gasteiger partial charge in [-0.1, -0.05) is 17.7 Å². The molecule has 4 heteroatoms. The van der Waals surface area contributed by atoms with Crippen molar-refractivity contribution < 1.29 is 9.84 Å². The van der Waals surface area contributed by atoms with E-state index in [0.717, 1.165) is 18.5 Å². The van der Waals surface area contributed by atoms with Gasteiger partial charge in [-0.05, 0) is 37.6 Å². The Morgan fingerprint density at radius 2 is 2.31 bits per heavy atom. The van der Waals surface area contributed by atoms with Crippen LogP contribution in [0.5, 0.6) is 5.75 Å². The van der Waals surface area contributed by atoms with Gasteiger partial charge in [-0.3, -0.25) is 0 Å². The predicted molar refractivity (Wildman–Crippen MR) is 64.1 cm³/mol. The lowest BCUT2D eigenvalue weighted by atomic mass is 10.1. The van der Waals surface area contributed by atoms with Gasteiger partial charge in [0, 0.05) is 6.54 Å². The van der Waals surface area contributed by atoms with E-state index in [0.29, 0.717) is 17.3 Å². The molecule has 1 aromatic rings. The van der Waals surface area contributed by atoms with Gasteiger partial charge in [0.2, 0.25) is 0 Å². The first-order valence-electron chi connectivity index (χ1n) is 5.48. The molecule has 88 valence electrons. The topological polar surface area (TPSA) is 41.5 Å². The Labute approximate surface area is 100 Å². The molecule has 2 atom stereocenters. The Balaban J connectivity index is 2.07. The van der Waals surface area contributed by atoms with E-state index >= 15 is 0 Å². The zero-order valence-electron chi connectivity index (χ0n) is 9.24. The fraction of sp³-hybridized carbons (Fsp3) is 0.500. The minimum absolute atomic E-state index is 0.165. The lowest BCUT2D eigenvalue weighted by molar-refractivity contribution is 0.0163. The number of halogens is 1. The summed E-state index contributed by atoms with van der Waals surface area (Å²) in [6.07, 6.45) is 0.165. The third-order valence-corrected chi connectivity index (χ3v) is 3.05. The first-order valence-corrected chi connectivity index (χ1v) is 5.86. The van der Waals surface area contributed by atoms with Crippen LogP contribution in [0, 0.1) is 6.92 Å². The second kappa shape index (κ2) is 5.04.